The second-order valence-electron chi connectivity index (χ2n) is 4.88. The highest BCUT2D eigenvalue weighted by molar-refractivity contribution is 6.30. The van der Waals surface area contributed by atoms with E-state index in [0.717, 1.165) is 23.7 Å². The summed E-state index contributed by atoms with van der Waals surface area (Å²) >= 11 is 5.91. The van der Waals surface area contributed by atoms with E-state index in [2.05, 4.69) is 0 Å². The Bertz CT molecular complexity index is 407. The molecule has 1 saturated carbocycles. The molecule has 0 N–H and O–H groups in total. The standard InChI is InChI=1S/C15H20ClNO/c1-3-17(4-2)15(18)14(11-5-6-11)12-7-9-13(16)10-8-12/h7-11,14H,3-6H2,1-2H3. The van der Waals surface area contributed by atoms with E-state index in [1.807, 2.05) is 43.0 Å². The van der Waals surface area contributed by atoms with E-state index in [0.29, 0.717) is 5.92 Å². The van der Waals surface area contributed by atoms with Gasteiger partial charge in [0.25, 0.3) is 0 Å². The summed E-state index contributed by atoms with van der Waals surface area (Å²) in [5.41, 5.74) is 1.11. The van der Waals surface area contributed by atoms with Crippen LogP contribution < -0.4 is 0 Å². The molecule has 1 aliphatic carbocycles. The molecule has 2 rings (SSSR count). The van der Waals surface area contributed by atoms with Gasteiger partial charge >= 0.3 is 0 Å². The molecular formula is C15H20ClNO. The molecule has 0 aliphatic heterocycles. The molecule has 1 unspecified atom stereocenters. The Morgan fingerprint density at radius 2 is 1.83 bits per heavy atom. The van der Waals surface area contributed by atoms with Crippen molar-refractivity contribution >= 4 is 17.5 Å². The van der Waals surface area contributed by atoms with Crippen molar-refractivity contribution in [3.05, 3.63) is 34.9 Å². The molecule has 1 atom stereocenters. The van der Waals surface area contributed by atoms with Gasteiger partial charge in [0.15, 0.2) is 0 Å². The Labute approximate surface area is 114 Å². The molecule has 3 heteroatoms. The van der Waals surface area contributed by atoms with Crippen LogP contribution in [-0.2, 0) is 4.79 Å². The SMILES string of the molecule is CCN(CC)C(=O)C(c1ccc(Cl)cc1)C1CC1. The molecule has 1 aliphatic rings. The van der Waals surface area contributed by atoms with Gasteiger partial charge in [-0.25, -0.2) is 0 Å². The molecule has 2 nitrogen and oxygen atoms in total. The van der Waals surface area contributed by atoms with Crippen molar-refractivity contribution in [2.75, 3.05) is 13.1 Å². The van der Waals surface area contributed by atoms with Gasteiger partial charge in [-0.3, -0.25) is 4.79 Å². The highest BCUT2D eigenvalue weighted by Crippen LogP contribution is 2.43. The van der Waals surface area contributed by atoms with Gasteiger partial charge in [0.05, 0.1) is 5.92 Å². The van der Waals surface area contributed by atoms with Gasteiger partial charge in [0, 0.05) is 18.1 Å². The second kappa shape index (κ2) is 5.75. The first-order chi connectivity index (χ1) is 8.67. The molecule has 1 aromatic rings. The van der Waals surface area contributed by atoms with Crippen molar-refractivity contribution in [1.29, 1.82) is 0 Å². The zero-order valence-electron chi connectivity index (χ0n) is 11.0. The fourth-order valence-electron chi connectivity index (χ4n) is 2.45. The quantitative estimate of drug-likeness (QED) is 0.795. The molecule has 0 bridgehead atoms. The second-order valence-corrected chi connectivity index (χ2v) is 5.31. The first kappa shape index (κ1) is 13.4. The largest absolute Gasteiger partial charge is 0.343 e. The molecule has 1 fully saturated rings. The summed E-state index contributed by atoms with van der Waals surface area (Å²) < 4.78 is 0. The van der Waals surface area contributed by atoms with Gasteiger partial charge < -0.3 is 4.90 Å². The minimum absolute atomic E-state index is 0.0298. The van der Waals surface area contributed by atoms with Crippen LogP contribution in [0, 0.1) is 5.92 Å². The molecule has 0 saturated heterocycles. The Hall–Kier alpha value is -1.02. The van der Waals surface area contributed by atoms with Gasteiger partial charge in [-0.2, -0.15) is 0 Å². The normalized spacial score (nSPS) is 16.4. The zero-order valence-corrected chi connectivity index (χ0v) is 11.8. The number of halogens is 1. The number of hydrogen-bond donors (Lipinski definition) is 0. The molecule has 0 heterocycles. The van der Waals surface area contributed by atoms with E-state index in [-0.39, 0.29) is 11.8 Å². The Kier molecular flexibility index (Phi) is 4.28. The van der Waals surface area contributed by atoms with Crippen LogP contribution in [0.4, 0.5) is 0 Å². The fraction of sp³-hybridized carbons (Fsp3) is 0.533. The highest BCUT2D eigenvalue weighted by atomic mass is 35.5. The summed E-state index contributed by atoms with van der Waals surface area (Å²) in [7, 11) is 0. The maximum absolute atomic E-state index is 12.6. The monoisotopic (exact) mass is 265 g/mol. The number of nitrogens with zero attached hydrogens (tertiary/aromatic N) is 1. The Morgan fingerprint density at radius 3 is 2.28 bits per heavy atom. The molecule has 0 aromatic heterocycles. The molecular weight excluding hydrogens is 246 g/mol. The van der Waals surface area contributed by atoms with Crippen LogP contribution in [0.25, 0.3) is 0 Å². The van der Waals surface area contributed by atoms with E-state index in [4.69, 9.17) is 11.6 Å². The van der Waals surface area contributed by atoms with Gasteiger partial charge in [0.2, 0.25) is 5.91 Å². The average molecular weight is 266 g/mol. The van der Waals surface area contributed by atoms with E-state index < -0.39 is 0 Å². The topological polar surface area (TPSA) is 20.3 Å². The van der Waals surface area contributed by atoms with Crippen molar-refractivity contribution in [3.8, 4) is 0 Å². The van der Waals surface area contributed by atoms with Crippen molar-refractivity contribution < 1.29 is 4.79 Å². The molecule has 1 aromatic carbocycles. The van der Waals surface area contributed by atoms with E-state index >= 15 is 0 Å². The number of benzene rings is 1. The first-order valence-corrected chi connectivity index (χ1v) is 7.09. The smallest absolute Gasteiger partial charge is 0.230 e. The predicted octanol–water partition coefficient (Wildman–Crippen LogP) is 3.70. The number of hydrogen-bond acceptors (Lipinski definition) is 1. The third kappa shape index (κ3) is 2.86. The van der Waals surface area contributed by atoms with E-state index in [1.165, 1.54) is 12.8 Å². The van der Waals surface area contributed by atoms with Crippen LogP contribution in [-0.4, -0.2) is 23.9 Å². The van der Waals surface area contributed by atoms with Crippen LogP contribution in [0.1, 0.15) is 38.2 Å². The van der Waals surface area contributed by atoms with Crippen LogP contribution in [0.2, 0.25) is 5.02 Å². The number of carbonyl (C=O) groups is 1. The summed E-state index contributed by atoms with van der Waals surface area (Å²) in [5.74, 6) is 0.825. The lowest BCUT2D eigenvalue weighted by molar-refractivity contribution is -0.133. The summed E-state index contributed by atoms with van der Waals surface area (Å²) in [6, 6.07) is 7.74. The third-order valence-electron chi connectivity index (χ3n) is 3.66. The Morgan fingerprint density at radius 1 is 1.28 bits per heavy atom. The van der Waals surface area contributed by atoms with Crippen LogP contribution in [0.15, 0.2) is 24.3 Å². The lowest BCUT2D eigenvalue weighted by Crippen LogP contribution is -2.35. The fourth-order valence-corrected chi connectivity index (χ4v) is 2.57. The number of rotatable bonds is 5. The summed E-state index contributed by atoms with van der Waals surface area (Å²) in [6.45, 7) is 5.64. The minimum Gasteiger partial charge on any atom is -0.343 e. The maximum Gasteiger partial charge on any atom is 0.230 e. The molecule has 0 spiro atoms. The van der Waals surface area contributed by atoms with E-state index in [1.54, 1.807) is 0 Å². The van der Waals surface area contributed by atoms with Crippen LogP contribution >= 0.6 is 11.6 Å². The van der Waals surface area contributed by atoms with Crippen molar-refractivity contribution in [3.63, 3.8) is 0 Å². The zero-order chi connectivity index (χ0) is 13.1. The molecule has 98 valence electrons. The van der Waals surface area contributed by atoms with Gasteiger partial charge in [-0.15, -0.1) is 0 Å². The van der Waals surface area contributed by atoms with Crippen molar-refractivity contribution in [2.24, 2.45) is 5.92 Å². The minimum atomic E-state index is 0.0298. The first-order valence-electron chi connectivity index (χ1n) is 6.71. The molecule has 1 amide bonds. The summed E-state index contributed by atoms with van der Waals surface area (Å²) in [4.78, 5) is 14.5. The van der Waals surface area contributed by atoms with Crippen molar-refractivity contribution in [2.45, 2.75) is 32.6 Å². The van der Waals surface area contributed by atoms with Crippen molar-refractivity contribution in [1.82, 2.24) is 4.90 Å². The van der Waals surface area contributed by atoms with Crippen LogP contribution in [0.5, 0.6) is 0 Å². The van der Waals surface area contributed by atoms with E-state index in [9.17, 15) is 4.79 Å². The molecule has 0 radical (unpaired) electrons. The predicted molar refractivity (Wildman–Crippen MR) is 74.8 cm³/mol. The Balaban J connectivity index is 2.23. The number of amides is 1. The molecule has 18 heavy (non-hydrogen) atoms. The van der Waals surface area contributed by atoms with Gasteiger partial charge in [-0.1, -0.05) is 23.7 Å². The van der Waals surface area contributed by atoms with Crippen LogP contribution in [0.3, 0.4) is 0 Å². The average Bonchev–Trinajstić information content (AvgIpc) is 3.18. The van der Waals surface area contributed by atoms with Gasteiger partial charge in [0.1, 0.15) is 0 Å². The number of likely N-dealkylation sites (N-methyl/N-ethyl adjacent to an activating group) is 1. The lowest BCUT2D eigenvalue weighted by Gasteiger charge is -2.25. The summed E-state index contributed by atoms with van der Waals surface area (Å²) in [5, 5.41) is 0.726. The summed E-state index contributed by atoms with van der Waals surface area (Å²) in [6.07, 6.45) is 2.33. The number of carbonyl (C=O) groups excluding carboxylic acids is 1. The van der Waals surface area contributed by atoms with Gasteiger partial charge in [-0.05, 0) is 50.3 Å². The maximum atomic E-state index is 12.6. The highest BCUT2D eigenvalue weighted by Gasteiger charge is 2.38. The third-order valence-corrected chi connectivity index (χ3v) is 3.92. The lowest BCUT2D eigenvalue weighted by atomic mass is 9.92.